The summed E-state index contributed by atoms with van der Waals surface area (Å²) in [6.45, 7) is 1.09. The molecule has 0 saturated carbocycles. The molecule has 1 heterocycles. The lowest BCUT2D eigenvalue weighted by Gasteiger charge is -2.31. The molecule has 1 aliphatic rings. The molecule has 0 aliphatic carbocycles. The van der Waals surface area contributed by atoms with E-state index in [4.69, 9.17) is 4.74 Å². The summed E-state index contributed by atoms with van der Waals surface area (Å²) in [5, 5.41) is 0. The number of aryl methyl sites for hydroxylation is 1. The zero-order chi connectivity index (χ0) is 12.4. The number of para-hydroxylation sites is 1. The first-order chi connectivity index (χ1) is 8.88. The molecule has 2 aromatic carbocycles. The largest absolute Gasteiger partial charge is 0.497 e. The molecule has 2 aromatic rings. The highest BCUT2D eigenvalue weighted by Gasteiger charge is 2.17. The molecule has 0 amide bonds. The van der Waals surface area contributed by atoms with Crippen LogP contribution < -0.4 is 9.64 Å². The molecule has 3 rings (SSSR count). The van der Waals surface area contributed by atoms with E-state index in [2.05, 4.69) is 41.3 Å². The minimum Gasteiger partial charge on any atom is -0.497 e. The summed E-state index contributed by atoms with van der Waals surface area (Å²) in [5.74, 6) is 0.907. The number of ether oxygens (including phenoxy) is 1. The van der Waals surface area contributed by atoms with E-state index >= 15 is 0 Å². The Balaban J connectivity index is 1.97. The summed E-state index contributed by atoms with van der Waals surface area (Å²) < 4.78 is 5.21. The second-order valence-corrected chi connectivity index (χ2v) is 4.58. The number of nitrogens with zero attached hydrogens (tertiary/aromatic N) is 1. The van der Waals surface area contributed by atoms with Crippen molar-refractivity contribution in [3.05, 3.63) is 54.1 Å². The van der Waals surface area contributed by atoms with Crippen molar-refractivity contribution >= 4 is 11.4 Å². The minimum absolute atomic E-state index is 0.907. The second-order valence-electron chi connectivity index (χ2n) is 4.58. The van der Waals surface area contributed by atoms with Gasteiger partial charge in [0, 0.05) is 17.9 Å². The lowest BCUT2D eigenvalue weighted by Crippen LogP contribution is -2.24. The molecule has 0 radical (unpaired) electrons. The number of fused-ring (bicyclic) bond motifs is 1. The molecule has 0 saturated heterocycles. The molecular formula is C16H17NO. The van der Waals surface area contributed by atoms with Crippen LogP contribution >= 0.6 is 0 Å². The van der Waals surface area contributed by atoms with Crippen LogP contribution in [0.2, 0.25) is 0 Å². The van der Waals surface area contributed by atoms with E-state index in [1.54, 1.807) is 7.11 Å². The van der Waals surface area contributed by atoms with Gasteiger partial charge in [-0.3, -0.25) is 0 Å². The Morgan fingerprint density at radius 2 is 1.78 bits per heavy atom. The van der Waals surface area contributed by atoms with Crippen LogP contribution in [-0.4, -0.2) is 13.7 Å². The fourth-order valence-corrected chi connectivity index (χ4v) is 2.56. The summed E-state index contributed by atoms with van der Waals surface area (Å²) in [7, 11) is 1.70. The van der Waals surface area contributed by atoms with Crippen molar-refractivity contribution in [2.45, 2.75) is 12.8 Å². The highest BCUT2D eigenvalue weighted by Crippen LogP contribution is 2.33. The standard InChI is InChI=1S/C16H17NO/c1-18-15-10-8-14(9-11-15)17-12-4-6-13-5-2-3-7-16(13)17/h2-3,5,7-11H,4,6,12H2,1H3. The van der Waals surface area contributed by atoms with Gasteiger partial charge in [0.1, 0.15) is 5.75 Å². The lowest BCUT2D eigenvalue weighted by molar-refractivity contribution is 0.415. The number of hydrogen-bond acceptors (Lipinski definition) is 2. The van der Waals surface area contributed by atoms with E-state index in [9.17, 15) is 0 Å². The molecule has 2 nitrogen and oxygen atoms in total. The third-order valence-electron chi connectivity index (χ3n) is 3.49. The normalized spacial score (nSPS) is 14.2. The molecular weight excluding hydrogens is 222 g/mol. The van der Waals surface area contributed by atoms with E-state index in [1.165, 1.54) is 29.8 Å². The molecule has 0 unspecified atom stereocenters. The van der Waals surface area contributed by atoms with Gasteiger partial charge in [0.15, 0.2) is 0 Å². The molecule has 18 heavy (non-hydrogen) atoms. The smallest absolute Gasteiger partial charge is 0.119 e. The van der Waals surface area contributed by atoms with Crippen LogP contribution in [0.15, 0.2) is 48.5 Å². The highest BCUT2D eigenvalue weighted by atomic mass is 16.5. The first-order valence-electron chi connectivity index (χ1n) is 6.38. The molecule has 1 aliphatic heterocycles. The van der Waals surface area contributed by atoms with E-state index in [0.29, 0.717) is 0 Å². The van der Waals surface area contributed by atoms with Gasteiger partial charge in [-0.05, 0) is 48.7 Å². The Morgan fingerprint density at radius 1 is 1.00 bits per heavy atom. The summed E-state index contributed by atoms with van der Waals surface area (Å²) in [6.07, 6.45) is 2.39. The maximum Gasteiger partial charge on any atom is 0.119 e. The average Bonchev–Trinajstić information content (AvgIpc) is 2.47. The molecule has 0 atom stereocenters. The molecule has 0 spiro atoms. The van der Waals surface area contributed by atoms with Crippen molar-refractivity contribution in [1.29, 1.82) is 0 Å². The predicted octanol–water partition coefficient (Wildman–Crippen LogP) is 3.78. The fraction of sp³-hybridized carbons (Fsp3) is 0.250. The van der Waals surface area contributed by atoms with Crippen molar-refractivity contribution in [2.24, 2.45) is 0 Å². The summed E-state index contributed by atoms with van der Waals surface area (Å²) in [4.78, 5) is 2.39. The van der Waals surface area contributed by atoms with Gasteiger partial charge in [0.25, 0.3) is 0 Å². The van der Waals surface area contributed by atoms with Gasteiger partial charge < -0.3 is 9.64 Å². The van der Waals surface area contributed by atoms with Gasteiger partial charge in [0.2, 0.25) is 0 Å². The van der Waals surface area contributed by atoms with E-state index in [-0.39, 0.29) is 0 Å². The zero-order valence-corrected chi connectivity index (χ0v) is 10.6. The maximum absolute atomic E-state index is 5.21. The Hall–Kier alpha value is -1.96. The van der Waals surface area contributed by atoms with Gasteiger partial charge in [-0.15, -0.1) is 0 Å². The van der Waals surface area contributed by atoms with Crippen molar-refractivity contribution in [3.8, 4) is 5.75 Å². The van der Waals surface area contributed by atoms with Gasteiger partial charge >= 0.3 is 0 Å². The van der Waals surface area contributed by atoms with Crippen molar-refractivity contribution < 1.29 is 4.74 Å². The Morgan fingerprint density at radius 3 is 2.56 bits per heavy atom. The first-order valence-corrected chi connectivity index (χ1v) is 6.38. The maximum atomic E-state index is 5.21. The van der Waals surface area contributed by atoms with Crippen LogP contribution in [0.1, 0.15) is 12.0 Å². The fourth-order valence-electron chi connectivity index (χ4n) is 2.56. The van der Waals surface area contributed by atoms with E-state index in [1.807, 2.05) is 12.1 Å². The van der Waals surface area contributed by atoms with Crippen molar-refractivity contribution in [2.75, 3.05) is 18.6 Å². The van der Waals surface area contributed by atoms with Crippen LogP contribution in [0.25, 0.3) is 0 Å². The third kappa shape index (κ3) is 1.94. The number of rotatable bonds is 2. The first kappa shape index (κ1) is 11.1. The lowest BCUT2D eigenvalue weighted by atomic mass is 10.0. The van der Waals surface area contributed by atoms with Crippen molar-refractivity contribution in [3.63, 3.8) is 0 Å². The van der Waals surface area contributed by atoms with Crippen LogP contribution in [0.4, 0.5) is 11.4 Å². The minimum atomic E-state index is 0.907. The summed E-state index contributed by atoms with van der Waals surface area (Å²) >= 11 is 0. The zero-order valence-electron chi connectivity index (χ0n) is 10.6. The van der Waals surface area contributed by atoms with Crippen LogP contribution in [-0.2, 0) is 6.42 Å². The number of anilines is 2. The number of hydrogen-bond donors (Lipinski definition) is 0. The molecule has 2 heteroatoms. The highest BCUT2D eigenvalue weighted by molar-refractivity contribution is 5.68. The monoisotopic (exact) mass is 239 g/mol. The Bertz CT molecular complexity index is 533. The quantitative estimate of drug-likeness (QED) is 0.790. The molecule has 92 valence electrons. The van der Waals surface area contributed by atoms with E-state index < -0.39 is 0 Å². The molecule has 0 aromatic heterocycles. The van der Waals surface area contributed by atoms with Gasteiger partial charge in [-0.25, -0.2) is 0 Å². The van der Waals surface area contributed by atoms with Crippen molar-refractivity contribution in [1.82, 2.24) is 0 Å². The molecule has 0 fully saturated rings. The van der Waals surface area contributed by atoms with Crippen LogP contribution in [0.5, 0.6) is 5.75 Å². The number of benzene rings is 2. The molecule has 0 bridgehead atoms. The predicted molar refractivity (Wildman–Crippen MR) is 74.8 cm³/mol. The van der Waals surface area contributed by atoms with Gasteiger partial charge in [-0.2, -0.15) is 0 Å². The second kappa shape index (κ2) is 4.73. The van der Waals surface area contributed by atoms with E-state index in [0.717, 1.165) is 12.3 Å². The average molecular weight is 239 g/mol. The van der Waals surface area contributed by atoms with Gasteiger partial charge in [-0.1, -0.05) is 18.2 Å². The summed E-state index contributed by atoms with van der Waals surface area (Å²) in [6, 6.07) is 17.0. The molecule has 0 N–H and O–H groups in total. The third-order valence-corrected chi connectivity index (χ3v) is 3.49. The number of methoxy groups -OCH3 is 1. The van der Waals surface area contributed by atoms with Gasteiger partial charge in [0.05, 0.1) is 7.11 Å². The Labute approximate surface area is 108 Å². The van der Waals surface area contributed by atoms with Crippen LogP contribution in [0.3, 0.4) is 0 Å². The van der Waals surface area contributed by atoms with Crippen LogP contribution in [0, 0.1) is 0 Å². The topological polar surface area (TPSA) is 12.5 Å². The Kier molecular flexibility index (Phi) is 2.93. The summed E-state index contributed by atoms with van der Waals surface area (Å²) in [5.41, 5.74) is 4.02. The SMILES string of the molecule is COc1ccc(N2CCCc3ccccc32)cc1.